The minimum Gasteiger partial charge on any atom is -0.356 e. The lowest BCUT2D eigenvalue weighted by molar-refractivity contribution is -0.127. The molecule has 2 aromatic carbocycles. The zero-order chi connectivity index (χ0) is 24.6. The van der Waals surface area contributed by atoms with Gasteiger partial charge in [-0.3, -0.25) is 4.79 Å². The third kappa shape index (κ3) is 4.66. The van der Waals surface area contributed by atoms with Crippen LogP contribution in [0.4, 0.5) is 0 Å². The summed E-state index contributed by atoms with van der Waals surface area (Å²) in [6.45, 7) is 5.20. The number of hydrogen-bond acceptors (Lipinski definition) is 4. The lowest BCUT2D eigenvalue weighted by Crippen LogP contribution is -2.44. The molecular formula is C28H33N3O3S. The van der Waals surface area contributed by atoms with Crippen molar-refractivity contribution in [2.24, 2.45) is 10.3 Å². The van der Waals surface area contributed by atoms with Gasteiger partial charge in [0.2, 0.25) is 5.91 Å². The van der Waals surface area contributed by atoms with Crippen molar-refractivity contribution in [3.63, 3.8) is 0 Å². The van der Waals surface area contributed by atoms with E-state index in [1.165, 1.54) is 11.1 Å². The molecule has 1 saturated heterocycles. The van der Waals surface area contributed by atoms with Crippen LogP contribution in [0.5, 0.6) is 0 Å². The van der Waals surface area contributed by atoms with Crippen LogP contribution in [-0.2, 0) is 21.2 Å². The number of nitrogens with zero attached hydrogens (tertiary/aromatic N) is 2. The Bertz CT molecular complexity index is 1290. The molecule has 1 unspecified atom stereocenters. The molecule has 0 spiro atoms. The minimum absolute atomic E-state index is 0.0652. The van der Waals surface area contributed by atoms with Gasteiger partial charge in [0.1, 0.15) is 10.7 Å². The van der Waals surface area contributed by atoms with Crippen LogP contribution in [0.1, 0.15) is 67.3 Å². The molecule has 5 rings (SSSR count). The Morgan fingerprint density at radius 3 is 2.49 bits per heavy atom. The normalized spacial score (nSPS) is 22.1. The van der Waals surface area contributed by atoms with Crippen LogP contribution in [0.3, 0.4) is 0 Å². The molecule has 3 aliphatic rings. The van der Waals surface area contributed by atoms with E-state index < -0.39 is 10.0 Å². The molecule has 2 aliphatic heterocycles. The molecule has 1 N–H and O–H groups in total. The van der Waals surface area contributed by atoms with E-state index in [0.29, 0.717) is 48.7 Å². The first kappa shape index (κ1) is 23.8. The van der Waals surface area contributed by atoms with E-state index in [-0.39, 0.29) is 17.9 Å². The molecule has 184 valence electrons. The summed E-state index contributed by atoms with van der Waals surface area (Å²) < 4.78 is 30.3. The number of fused-ring (bicyclic) bond motifs is 1. The fourth-order valence-corrected chi connectivity index (χ4v) is 7.14. The van der Waals surface area contributed by atoms with Gasteiger partial charge in [-0.25, -0.2) is 0 Å². The molecule has 2 aromatic rings. The first-order chi connectivity index (χ1) is 16.9. The Morgan fingerprint density at radius 2 is 1.77 bits per heavy atom. The van der Waals surface area contributed by atoms with Crippen molar-refractivity contribution in [3.8, 4) is 0 Å². The van der Waals surface area contributed by atoms with E-state index in [4.69, 9.17) is 0 Å². The van der Waals surface area contributed by atoms with Gasteiger partial charge >= 0.3 is 0 Å². The van der Waals surface area contributed by atoms with Crippen LogP contribution in [0, 0.1) is 12.8 Å². The van der Waals surface area contributed by atoms with Crippen LogP contribution in [0.25, 0.3) is 4.91 Å². The molecule has 1 fully saturated rings. The highest BCUT2D eigenvalue weighted by atomic mass is 32.2. The number of nitrogens with one attached hydrogen (secondary N) is 1. The molecule has 35 heavy (non-hydrogen) atoms. The van der Waals surface area contributed by atoms with Gasteiger partial charge in [-0.05, 0) is 62.1 Å². The van der Waals surface area contributed by atoms with Crippen LogP contribution >= 0.6 is 0 Å². The zero-order valence-electron chi connectivity index (χ0n) is 20.5. The highest BCUT2D eigenvalue weighted by molar-refractivity contribution is 8.00. The van der Waals surface area contributed by atoms with Crippen molar-refractivity contribution in [2.75, 3.05) is 13.1 Å². The third-order valence-corrected chi connectivity index (χ3v) is 8.94. The molecular weight excluding hydrogens is 458 g/mol. The van der Waals surface area contributed by atoms with Crippen molar-refractivity contribution >= 4 is 26.7 Å². The Morgan fingerprint density at radius 1 is 1.06 bits per heavy atom. The van der Waals surface area contributed by atoms with E-state index >= 15 is 0 Å². The summed E-state index contributed by atoms with van der Waals surface area (Å²) in [5, 5.41) is 3.30. The lowest BCUT2D eigenvalue weighted by atomic mass is 9.87. The Balaban J connectivity index is 1.28. The molecule has 1 aliphatic carbocycles. The summed E-state index contributed by atoms with van der Waals surface area (Å²) in [4.78, 5) is 15.5. The summed E-state index contributed by atoms with van der Waals surface area (Å²) >= 11 is 0. The minimum atomic E-state index is -3.74. The van der Waals surface area contributed by atoms with Gasteiger partial charge in [-0.15, -0.1) is 4.40 Å². The molecule has 7 heteroatoms. The van der Waals surface area contributed by atoms with Gasteiger partial charge in [-0.1, -0.05) is 61.0 Å². The number of carbonyl (C=O) groups is 1. The highest BCUT2D eigenvalue weighted by Gasteiger charge is 2.37. The van der Waals surface area contributed by atoms with Crippen molar-refractivity contribution in [1.29, 1.82) is 0 Å². The number of carbonyl (C=O) groups excluding carboxylic acids is 1. The molecule has 0 saturated carbocycles. The molecule has 0 aromatic heterocycles. The average Bonchev–Trinajstić information content (AvgIpc) is 3.15. The summed E-state index contributed by atoms with van der Waals surface area (Å²) in [6.07, 6.45) is 5.10. The van der Waals surface area contributed by atoms with Crippen molar-refractivity contribution < 1.29 is 13.2 Å². The van der Waals surface area contributed by atoms with Gasteiger partial charge < -0.3 is 10.2 Å². The molecule has 0 bridgehead atoms. The predicted octanol–water partition coefficient (Wildman–Crippen LogP) is 4.76. The quantitative estimate of drug-likeness (QED) is 0.669. The second-order valence-corrected chi connectivity index (χ2v) is 11.4. The third-order valence-electron chi connectivity index (χ3n) is 7.53. The number of likely N-dealkylation sites (tertiary alicyclic amines) is 1. The van der Waals surface area contributed by atoms with Gasteiger partial charge in [0, 0.05) is 24.6 Å². The fraction of sp³-hybridized carbons (Fsp3) is 0.429. The van der Waals surface area contributed by atoms with E-state index in [9.17, 15) is 13.2 Å². The van der Waals surface area contributed by atoms with Crippen LogP contribution in [0.2, 0.25) is 0 Å². The first-order valence-electron chi connectivity index (χ1n) is 12.7. The first-order valence-corrected chi connectivity index (χ1v) is 14.1. The molecule has 0 radical (unpaired) electrons. The number of amidine groups is 1. The summed E-state index contributed by atoms with van der Waals surface area (Å²) in [5.74, 6) is 0.603. The number of benzene rings is 2. The standard InChI is InChI=1S/C28H33N3O3S/c1-3-23-26(21-13-11-19(2)12-14-21)35(33,34)30-27(23)31-17-15-22(16-18-31)28(32)29-25-10-6-8-20-7-4-5-9-24(20)25/h4-5,7,9,11-14,22,25H,3,6,8,10,15-18H2,1-2H3,(H,29,32). The SMILES string of the molecule is CCC1=C(c2ccc(C)cc2)S(=O)(=O)N=C1N1CCC(C(=O)NC2CCCc3ccccc32)CC1. The highest BCUT2D eigenvalue weighted by Crippen LogP contribution is 2.37. The molecule has 1 atom stereocenters. The van der Waals surface area contributed by atoms with Gasteiger partial charge in [-0.2, -0.15) is 8.42 Å². The van der Waals surface area contributed by atoms with Gasteiger partial charge in [0.25, 0.3) is 10.0 Å². The Kier molecular flexibility index (Phi) is 6.53. The number of piperidine rings is 1. The second-order valence-electron chi connectivity index (χ2n) is 9.83. The summed E-state index contributed by atoms with van der Waals surface area (Å²) in [6, 6.07) is 16.1. The number of amides is 1. The summed E-state index contributed by atoms with van der Waals surface area (Å²) in [7, 11) is -3.74. The summed E-state index contributed by atoms with van der Waals surface area (Å²) in [5.41, 5.74) is 5.13. The van der Waals surface area contributed by atoms with Crippen LogP contribution < -0.4 is 5.32 Å². The maximum atomic E-state index is 13.1. The molecule has 1 amide bonds. The number of sulfonamides is 1. The zero-order valence-corrected chi connectivity index (χ0v) is 21.3. The van der Waals surface area contributed by atoms with Gasteiger partial charge in [0.05, 0.1) is 6.04 Å². The number of rotatable bonds is 4. The van der Waals surface area contributed by atoms with E-state index in [0.717, 1.165) is 30.4 Å². The topological polar surface area (TPSA) is 78.8 Å². The van der Waals surface area contributed by atoms with Crippen molar-refractivity contribution in [2.45, 2.75) is 58.4 Å². The Labute approximate surface area is 208 Å². The van der Waals surface area contributed by atoms with Crippen LogP contribution in [-0.4, -0.2) is 38.2 Å². The smallest absolute Gasteiger partial charge is 0.285 e. The fourth-order valence-electron chi connectivity index (χ4n) is 5.61. The monoisotopic (exact) mass is 491 g/mol. The molecule has 2 heterocycles. The van der Waals surface area contributed by atoms with E-state index in [2.05, 4.69) is 32.8 Å². The number of hydrogen-bond donors (Lipinski definition) is 1. The average molecular weight is 492 g/mol. The van der Waals surface area contributed by atoms with Crippen molar-refractivity contribution in [3.05, 3.63) is 76.4 Å². The second kappa shape index (κ2) is 9.61. The maximum absolute atomic E-state index is 13.1. The predicted molar refractivity (Wildman–Crippen MR) is 139 cm³/mol. The van der Waals surface area contributed by atoms with Crippen LogP contribution in [0.15, 0.2) is 58.5 Å². The van der Waals surface area contributed by atoms with Gasteiger partial charge in [0.15, 0.2) is 0 Å². The van der Waals surface area contributed by atoms with Crippen molar-refractivity contribution in [1.82, 2.24) is 10.2 Å². The molecule has 6 nitrogen and oxygen atoms in total. The lowest BCUT2D eigenvalue weighted by Gasteiger charge is -2.34. The number of aryl methyl sites for hydroxylation is 2. The Hall–Kier alpha value is -2.93. The van der Waals surface area contributed by atoms with E-state index in [1.54, 1.807) is 0 Å². The maximum Gasteiger partial charge on any atom is 0.285 e. The largest absolute Gasteiger partial charge is 0.356 e. The van der Waals surface area contributed by atoms with E-state index in [1.807, 2.05) is 44.2 Å².